The highest BCUT2D eigenvalue weighted by Crippen LogP contribution is 1.96. The van der Waals surface area contributed by atoms with E-state index in [1.54, 1.807) is 0 Å². The Labute approximate surface area is 78.6 Å². The second kappa shape index (κ2) is 5.05. The zero-order valence-electron chi connectivity index (χ0n) is 6.62. The van der Waals surface area contributed by atoms with E-state index < -0.39 is 9.84 Å². The first kappa shape index (κ1) is 13.9. The van der Waals surface area contributed by atoms with Gasteiger partial charge in [0.25, 0.3) is 0 Å². The average molecular weight is 213 g/mol. The molecule has 0 bridgehead atoms. The van der Waals surface area contributed by atoms with E-state index in [4.69, 9.17) is 11.5 Å². The molecule has 0 aromatic carbocycles. The molecule has 0 unspecified atom stereocenters. The van der Waals surface area contributed by atoms with E-state index in [0.29, 0.717) is 0 Å². The van der Waals surface area contributed by atoms with Crippen molar-refractivity contribution in [3.8, 4) is 0 Å². The van der Waals surface area contributed by atoms with Crippen LogP contribution in [0.25, 0.3) is 0 Å². The van der Waals surface area contributed by atoms with Crippen LogP contribution in [0.15, 0.2) is 24.6 Å². The number of halogens is 1. The minimum absolute atomic E-state index is 0. The van der Waals surface area contributed by atoms with Crippen LogP contribution in [0.1, 0.15) is 0 Å². The van der Waals surface area contributed by atoms with Gasteiger partial charge in [-0.05, 0) is 0 Å². The lowest BCUT2D eigenvalue weighted by Gasteiger charge is -2.01. The molecule has 0 heterocycles. The van der Waals surface area contributed by atoms with Gasteiger partial charge in [-0.15, -0.1) is 12.4 Å². The van der Waals surface area contributed by atoms with Crippen molar-refractivity contribution in [2.45, 2.75) is 0 Å². The van der Waals surface area contributed by atoms with Gasteiger partial charge in [-0.25, -0.2) is 8.42 Å². The van der Waals surface area contributed by atoms with Gasteiger partial charge in [-0.1, -0.05) is 13.2 Å². The Morgan fingerprint density at radius 3 is 1.50 bits per heavy atom. The summed E-state index contributed by atoms with van der Waals surface area (Å²) in [5.41, 5.74) is 10.5. The molecule has 0 aliphatic rings. The molecular formula is C6H13ClN2O2S. The summed E-state index contributed by atoms with van der Waals surface area (Å²) in [4.78, 5) is 0. The number of hydrogen-bond donors (Lipinski definition) is 2. The summed E-state index contributed by atoms with van der Waals surface area (Å²) in [6, 6.07) is 0. The molecule has 0 aromatic rings. The zero-order valence-corrected chi connectivity index (χ0v) is 8.25. The van der Waals surface area contributed by atoms with Crippen molar-refractivity contribution in [2.75, 3.05) is 11.5 Å². The van der Waals surface area contributed by atoms with Crippen LogP contribution in [0.2, 0.25) is 0 Å². The Balaban J connectivity index is 0. The molecule has 0 saturated heterocycles. The van der Waals surface area contributed by atoms with Gasteiger partial charge in [0.05, 0.1) is 11.5 Å². The molecule has 72 valence electrons. The van der Waals surface area contributed by atoms with E-state index in [0.717, 1.165) is 0 Å². The second-order valence-electron chi connectivity index (χ2n) is 2.35. The summed E-state index contributed by atoms with van der Waals surface area (Å²) in [7, 11) is -3.23. The topological polar surface area (TPSA) is 86.2 Å². The van der Waals surface area contributed by atoms with Gasteiger partial charge in [0, 0.05) is 11.4 Å². The fourth-order valence-electron chi connectivity index (χ4n) is 0.616. The van der Waals surface area contributed by atoms with Crippen LogP contribution in [-0.4, -0.2) is 19.9 Å². The molecule has 0 spiro atoms. The second-order valence-corrected chi connectivity index (χ2v) is 4.41. The smallest absolute Gasteiger partial charge is 0.161 e. The molecule has 0 fully saturated rings. The molecule has 0 atom stereocenters. The van der Waals surface area contributed by atoms with Crippen molar-refractivity contribution >= 4 is 22.2 Å². The third kappa shape index (κ3) is 7.43. The molecule has 4 nitrogen and oxygen atoms in total. The first-order valence-electron chi connectivity index (χ1n) is 2.90. The van der Waals surface area contributed by atoms with Crippen LogP contribution in [0, 0.1) is 0 Å². The molecule has 0 saturated carbocycles. The Morgan fingerprint density at radius 2 is 1.33 bits per heavy atom. The van der Waals surface area contributed by atoms with Crippen molar-refractivity contribution in [1.82, 2.24) is 0 Å². The van der Waals surface area contributed by atoms with Gasteiger partial charge < -0.3 is 11.5 Å². The standard InChI is InChI=1S/C6H12N2O2S.ClH/c1-5(7)3-11(9,10)4-6(2)8;/h1-4,7-8H2;1H. The molecule has 4 N–H and O–H groups in total. The van der Waals surface area contributed by atoms with Crippen LogP contribution < -0.4 is 11.5 Å². The third-order valence-electron chi connectivity index (χ3n) is 0.811. The van der Waals surface area contributed by atoms with Crippen LogP contribution in [0.3, 0.4) is 0 Å². The lowest BCUT2D eigenvalue weighted by molar-refractivity contribution is 0.600. The Bertz CT molecular complexity index is 249. The highest BCUT2D eigenvalue weighted by molar-refractivity contribution is 7.91. The van der Waals surface area contributed by atoms with E-state index in [1.165, 1.54) is 0 Å². The summed E-state index contributed by atoms with van der Waals surface area (Å²) in [6.45, 7) is 6.55. The first-order valence-corrected chi connectivity index (χ1v) is 4.72. The van der Waals surface area contributed by atoms with Crippen LogP contribution in [-0.2, 0) is 9.84 Å². The van der Waals surface area contributed by atoms with Crippen molar-refractivity contribution in [3.63, 3.8) is 0 Å². The number of nitrogens with two attached hydrogens (primary N) is 2. The first-order chi connectivity index (χ1) is 4.83. The van der Waals surface area contributed by atoms with Gasteiger partial charge in [0.1, 0.15) is 0 Å². The van der Waals surface area contributed by atoms with Gasteiger partial charge in [0.15, 0.2) is 9.84 Å². The molecule has 0 amide bonds. The highest BCUT2D eigenvalue weighted by Gasteiger charge is 2.11. The third-order valence-corrected chi connectivity index (χ3v) is 2.43. The van der Waals surface area contributed by atoms with Crippen molar-refractivity contribution in [2.24, 2.45) is 11.5 Å². The monoisotopic (exact) mass is 212 g/mol. The highest BCUT2D eigenvalue weighted by atomic mass is 35.5. The number of hydrogen-bond acceptors (Lipinski definition) is 4. The normalized spacial score (nSPS) is 10.0. The van der Waals surface area contributed by atoms with Crippen LogP contribution in [0.5, 0.6) is 0 Å². The minimum atomic E-state index is -3.23. The molecule has 0 aromatic heterocycles. The van der Waals surface area contributed by atoms with Gasteiger partial charge >= 0.3 is 0 Å². The van der Waals surface area contributed by atoms with E-state index in [2.05, 4.69) is 13.2 Å². The molecule has 6 heteroatoms. The van der Waals surface area contributed by atoms with Gasteiger partial charge in [-0.2, -0.15) is 0 Å². The van der Waals surface area contributed by atoms with Crippen molar-refractivity contribution < 1.29 is 8.42 Å². The quantitative estimate of drug-likeness (QED) is 0.674. The average Bonchev–Trinajstić information content (AvgIpc) is 1.53. The molecule has 0 aliphatic heterocycles. The Hall–Kier alpha value is -0.680. The van der Waals surface area contributed by atoms with Crippen molar-refractivity contribution in [1.29, 1.82) is 0 Å². The largest absolute Gasteiger partial charge is 0.402 e. The van der Waals surface area contributed by atoms with Crippen molar-refractivity contribution in [3.05, 3.63) is 24.6 Å². The Morgan fingerprint density at radius 1 is 1.08 bits per heavy atom. The summed E-state index contributed by atoms with van der Waals surface area (Å²) >= 11 is 0. The molecule has 12 heavy (non-hydrogen) atoms. The molecular weight excluding hydrogens is 200 g/mol. The minimum Gasteiger partial charge on any atom is -0.402 e. The van der Waals surface area contributed by atoms with E-state index in [1.807, 2.05) is 0 Å². The molecule has 0 rings (SSSR count). The predicted octanol–water partition coefficient (Wildman–Crippen LogP) is -0.232. The SMILES string of the molecule is C=C(N)CS(=O)(=O)CC(=C)N.Cl. The lowest BCUT2D eigenvalue weighted by Crippen LogP contribution is -2.19. The van der Waals surface area contributed by atoms with E-state index in [9.17, 15) is 8.42 Å². The fraction of sp³-hybridized carbons (Fsp3) is 0.333. The van der Waals surface area contributed by atoms with E-state index >= 15 is 0 Å². The fourth-order valence-corrected chi connectivity index (χ4v) is 1.85. The summed E-state index contributed by atoms with van der Waals surface area (Å²) in [6.07, 6.45) is 0. The summed E-state index contributed by atoms with van der Waals surface area (Å²) < 4.78 is 21.9. The summed E-state index contributed by atoms with van der Waals surface area (Å²) in [5.74, 6) is -0.466. The summed E-state index contributed by atoms with van der Waals surface area (Å²) in [5, 5.41) is 0. The maximum atomic E-state index is 11.0. The zero-order chi connectivity index (χ0) is 9.07. The van der Waals surface area contributed by atoms with Crippen LogP contribution >= 0.6 is 12.4 Å². The Kier molecular flexibility index (Phi) is 5.84. The van der Waals surface area contributed by atoms with Crippen LogP contribution in [0.4, 0.5) is 0 Å². The lowest BCUT2D eigenvalue weighted by atomic mass is 10.6. The maximum absolute atomic E-state index is 11.0. The van der Waals surface area contributed by atoms with Gasteiger partial charge in [-0.3, -0.25) is 0 Å². The molecule has 0 aliphatic carbocycles. The predicted molar refractivity (Wildman–Crippen MR) is 52.6 cm³/mol. The number of sulfone groups is 1. The number of rotatable bonds is 4. The maximum Gasteiger partial charge on any atom is 0.161 e. The molecule has 0 radical (unpaired) electrons. The van der Waals surface area contributed by atoms with E-state index in [-0.39, 0.29) is 35.3 Å². The van der Waals surface area contributed by atoms with Gasteiger partial charge in [0.2, 0.25) is 0 Å².